The van der Waals surface area contributed by atoms with Crippen LogP contribution in [0.25, 0.3) is 0 Å². The van der Waals surface area contributed by atoms with Crippen molar-refractivity contribution in [3.8, 4) is 0 Å². The number of rotatable bonds is 6. The number of piperazine rings is 1. The van der Waals surface area contributed by atoms with E-state index >= 15 is 0 Å². The molecule has 2 aliphatic rings. The molecule has 1 saturated heterocycles. The minimum Gasteiger partial charge on any atom is -0.463 e. The minimum atomic E-state index is -0.801. The van der Waals surface area contributed by atoms with Crippen LogP contribution in [-0.4, -0.2) is 78.5 Å². The van der Waals surface area contributed by atoms with Gasteiger partial charge < -0.3 is 15.0 Å². The van der Waals surface area contributed by atoms with Gasteiger partial charge in [0.15, 0.2) is 0 Å². The first kappa shape index (κ1) is 26.3. The van der Waals surface area contributed by atoms with Crippen molar-refractivity contribution in [3.05, 3.63) is 45.1 Å². The number of nitrogens with zero attached hydrogens (tertiary/aromatic N) is 3. The topological polar surface area (TPSA) is 82.2 Å². The molecule has 2 heterocycles. The first-order valence-electron chi connectivity index (χ1n) is 11.5. The summed E-state index contributed by atoms with van der Waals surface area (Å²) < 4.78 is 5.38. The third-order valence-electron chi connectivity index (χ3n) is 6.23. The van der Waals surface area contributed by atoms with Gasteiger partial charge in [-0.25, -0.2) is 9.59 Å². The summed E-state index contributed by atoms with van der Waals surface area (Å²) in [5.74, 6) is -0.459. The van der Waals surface area contributed by atoms with Crippen LogP contribution in [-0.2, 0) is 14.3 Å². The molecule has 0 spiro atoms. The van der Waals surface area contributed by atoms with E-state index in [-0.39, 0.29) is 35.5 Å². The van der Waals surface area contributed by atoms with Gasteiger partial charge in [0.1, 0.15) is 0 Å². The molecule has 0 aromatic heterocycles. The highest BCUT2D eigenvalue weighted by atomic mass is 35.5. The summed E-state index contributed by atoms with van der Waals surface area (Å²) in [4.78, 5) is 44.1. The number of hydrogen-bond donors (Lipinski definition) is 1. The molecule has 2 aliphatic heterocycles. The molecule has 2 atom stereocenters. The predicted molar refractivity (Wildman–Crippen MR) is 132 cm³/mol. The van der Waals surface area contributed by atoms with Crippen molar-refractivity contribution in [1.82, 2.24) is 20.0 Å². The summed E-state index contributed by atoms with van der Waals surface area (Å²) in [7, 11) is 1.63. The summed E-state index contributed by atoms with van der Waals surface area (Å²) in [5.41, 5.74) is 1.39. The molecule has 10 heteroatoms. The molecule has 0 saturated carbocycles. The first-order valence-corrected chi connectivity index (χ1v) is 12.2. The van der Waals surface area contributed by atoms with E-state index in [2.05, 4.69) is 10.2 Å². The fourth-order valence-corrected chi connectivity index (χ4v) is 4.84. The lowest BCUT2D eigenvalue weighted by Gasteiger charge is -2.43. The van der Waals surface area contributed by atoms with Gasteiger partial charge in [-0.1, -0.05) is 49.2 Å². The Morgan fingerprint density at radius 2 is 1.94 bits per heavy atom. The quantitative estimate of drug-likeness (QED) is 0.590. The average Bonchev–Trinajstić information content (AvgIpc) is 2.78. The monoisotopic (exact) mass is 510 g/mol. The van der Waals surface area contributed by atoms with Gasteiger partial charge in [-0.15, -0.1) is 0 Å². The maximum absolute atomic E-state index is 13.2. The standard InChI is InChI=1S/C24H32Cl2N4O4/c1-6-34-23(32)19-18(13-29-10-11-30(15(4)12-29)22(31)14(2)3)28(5)24(33)27-21(19)16-8-7-9-17(25)20(16)26/h7-9,14-15,21H,6,10-13H2,1-5H3,(H,27,33)/t15-,21+/m0/s1. The zero-order chi connectivity index (χ0) is 25.2. The van der Waals surface area contributed by atoms with E-state index in [9.17, 15) is 14.4 Å². The van der Waals surface area contributed by atoms with Gasteiger partial charge in [-0.3, -0.25) is 14.6 Å². The van der Waals surface area contributed by atoms with E-state index in [4.69, 9.17) is 27.9 Å². The number of halogens is 2. The normalized spacial score (nSPS) is 21.7. The fraction of sp³-hybridized carbons (Fsp3) is 0.542. The number of urea groups is 1. The number of benzene rings is 1. The summed E-state index contributed by atoms with van der Waals surface area (Å²) in [6.45, 7) is 9.91. The molecule has 186 valence electrons. The van der Waals surface area contributed by atoms with Crippen molar-refractivity contribution < 1.29 is 19.1 Å². The number of esters is 1. The van der Waals surface area contributed by atoms with Crippen LogP contribution in [0.2, 0.25) is 10.0 Å². The van der Waals surface area contributed by atoms with Crippen LogP contribution in [0.5, 0.6) is 0 Å². The number of likely N-dealkylation sites (N-methyl/N-ethyl adjacent to an activating group) is 1. The Kier molecular flexibility index (Phi) is 8.49. The molecule has 3 amide bonds. The molecule has 0 aliphatic carbocycles. The Balaban J connectivity index is 1.98. The Morgan fingerprint density at radius 1 is 1.24 bits per heavy atom. The average molecular weight is 511 g/mol. The number of amides is 3. The third-order valence-corrected chi connectivity index (χ3v) is 7.06. The van der Waals surface area contributed by atoms with Gasteiger partial charge in [0.25, 0.3) is 0 Å². The Hall–Kier alpha value is -2.29. The molecule has 1 N–H and O–H groups in total. The summed E-state index contributed by atoms with van der Waals surface area (Å²) in [6, 6.07) is 3.97. The molecule has 1 fully saturated rings. The SMILES string of the molecule is CCOC(=O)C1=C(CN2CCN(C(=O)C(C)C)[C@@H](C)C2)N(C)C(=O)N[C@@H]1c1cccc(Cl)c1Cl. The summed E-state index contributed by atoms with van der Waals surface area (Å²) in [5, 5.41) is 3.47. The van der Waals surface area contributed by atoms with Gasteiger partial charge in [-0.05, 0) is 25.5 Å². The van der Waals surface area contributed by atoms with Crippen molar-refractivity contribution in [2.24, 2.45) is 5.92 Å². The van der Waals surface area contributed by atoms with Crippen LogP contribution >= 0.6 is 23.2 Å². The van der Waals surface area contributed by atoms with Crippen molar-refractivity contribution in [3.63, 3.8) is 0 Å². The largest absolute Gasteiger partial charge is 0.463 e. The van der Waals surface area contributed by atoms with Crippen LogP contribution in [0.15, 0.2) is 29.5 Å². The maximum Gasteiger partial charge on any atom is 0.338 e. The Bertz CT molecular complexity index is 997. The highest BCUT2D eigenvalue weighted by Gasteiger charge is 2.39. The molecule has 1 aromatic carbocycles. The van der Waals surface area contributed by atoms with E-state index in [1.165, 1.54) is 4.90 Å². The molecule has 34 heavy (non-hydrogen) atoms. The van der Waals surface area contributed by atoms with Crippen LogP contribution in [0.3, 0.4) is 0 Å². The number of nitrogens with one attached hydrogen (secondary N) is 1. The second-order valence-corrected chi connectivity index (χ2v) is 9.72. The second-order valence-electron chi connectivity index (χ2n) is 8.94. The van der Waals surface area contributed by atoms with Gasteiger partial charge in [0.2, 0.25) is 5.91 Å². The molecule has 0 bridgehead atoms. The van der Waals surface area contributed by atoms with Crippen LogP contribution < -0.4 is 5.32 Å². The van der Waals surface area contributed by atoms with Crippen molar-refractivity contribution in [2.45, 2.75) is 39.8 Å². The molecule has 3 rings (SSSR count). The Morgan fingerprint density at radius 3 is 2.56 bits per heavy atom. The van der Waals surface area contributed by atoms with Crippen LogP contribution in [0.1, 0.15) is 39.3 Å². The van der Waals surface area contributed by atoms with Crippen molar-refractivity contribution >= 4 is 41.1 Å². The van der Waals surface area contributed by atoms with Crippen molar-refractivity contribution in [1.29, 1.82) is 0 Å². The summed E-state index contributed by atoms with van der Waals surface area (Å²) in [6.07, 6.45) is 0. The molecule has 0 unspecified atom stereocenters. The molecular formula is C24H32Cl2N4O4. The lowest BCUT2D eigenvalue weighted by Crippen LogP contribution is -2.56. The van der Waals surface area contributed by atoms with E-state index in [1.54, 1.807) is 32.2 Å². The zero-order valence-corrected chi connectivity index (χ0v) is 21.7. The van der Waals surface area contributed by atoms with Gasteiger partial charge in [-0.2, -0.15) is 0 Å². The number of carbonyl (C=O) groups excluding carboxylic acids is 3. The minimum absolute atomic E-state index is 0.0104. The number of hydrogen-bond acceptors (Lipinski definition) is 5. The molecule has 8 nitrogen and oxygen atoms in total. The maximum atomic E-state index is 13.2. The third kappa shape index (κ3) is 5.34. The van der Waals surface area contributed by atoms with Crippen LogP contribution in [0, 0.1) is 5.92 Å². The van der Waals surface area contributed by atoms with E-state index in [0.717, 1.165) is 0 Å². The predicted octanol–water partition coefficient (Wildman–Crippen LogP) is 3.70. The lowest BCUT2D eigenvalue weighted by atomic mass is 9.94. The zero-order valence-electron chi connectivity index (χ0n) is 20.2. The van der Waals surface area contributed by atoms with Gasteiger partial charge in [0, 0.05) is 50.9 Å². The number of ether oxygens (including phenoxy) is 1. The first-order chi connectivity index (χ1) is 16.1. The van der Waals surface area contributed by atoms with Crippen molar-refractivity contribution in [2.75, 3.05) is 39.8 Å². The smallest absolute Gasteiger partial charge is 0.338 e. The van der Waals surface area contributed by atoms with E-state index in [1.807, 2.05) is 25.7 Å². The fourth-order valence-electron chi connectivity index (χ4n) is 4.42. The second kappa shape index (κ2) is 11.0. The highest BCUT2D eigenvalue weighted by Crippen LogP contribution is 2.37. The molecular weight excluding hydrogens is 479 g/mol. The van der Waals surface area contributed by atoms with Gasteiger partial charge in [0.05, 0.1) is 28.3 Å². The van der Waals surface area contributed by atoms with E-state index in [0.29, 0.717) is 48.0 Å². The van der Waals surface area contributed by atoms with E-state index < -0.39 is 12.0 Å². The van der Waals surface area contributed by atoms with Crippen LogP contribution in [0.4, 0.5) is 4.79 Å². The highest BCUT2D eigenvalue weighted by molar-refractivity contribution is 6.42. The molecule has 1 aromatic rings. The lowest BCUT2D eigenvalue weighted by molar-refractivity contribution is -0.139. The van der Waals surface area contributed by atoms with Gasteiger partial charge >= 0.3 is 12.0 Å². The Labute approximate surface area is 210 Å². The number of carbonyl (C=O) groups is 3. The molecule has 0 radical (unpaired) electrons. The summed E-state index contributed by atoms with van der Waals surface area (Å²) >= 11 is 12.7.